The van der Waals surface area contributed by atoms with Crippen molar-refractivity contribution < 1.29 is 14.3 Å². The molecule has 0 fully saturated rings. The minimum Gasteiger partial charge on any atom is -0.422 e. The van der Waals surface area contributed by atoms with Gasteiger partial charge >= 0.3 is 12.0 Å². The molecule has 0 aromatic heterocycles. The quantitative estimate of drug-likeness (QED) is 0.372. The molecule has 23 heavy (non-hydrogen) atoms. The van der Waals surface area contributed by atoms with Crippen molar-refractivity contribution in [1.29, 1.82) is 0 Å². The summed E-state index contributed by atoms with van der Waals surface area (Å²) in [5.74, 6) is -0.168. The molecule has 0 spiro atoms. The van der Waals surface area contributed by atoms with Gasteiger partial charge < -0.3 is 10.5 Å². The summed E-state index contributed by atoms with van der Waals surface area (Å²) in [7, 11) is 0. The van der Waals surface area contributed by atoms with Gasteiger partial charge in [0.1, 0.15) is 5.75 Å². The van der Waals surface area contributed by atoms with Gasteiger partial charge in [-0.2, -0.15) is 5.10 Å². The first-order valence-corrected chi connectivity index (χ1v) is 7.42. The summed E-state index contributed by atoms with van der Waals surface area (Å²) >= 11 is 3.32. The van der Waals surface area contributed by atoms with E-state index in [0.29, 0.717) is 16.9 Å². The summed E-state index contributed by atoms with van der Waals surface area (Å²) < 4.78 is 6.16. The number of benzene rings is 2. The third kappa shape index (κ3) is 4.93. The number of nitrogens with one attached hydrogen (secondary N) is 1. The standard InChI is InChI=1S/C16H14BrN3O3/c1-10-2-4-11(5-3-10)15(21)23-14-7-6-13(17)8-12(14)9-19-20-16(18)22/h2-9H,1H3,(H3,18,20,22)/b19-9+. The van der Waals surface area contributed by atoms with Crippen LogP contribution in [-0.2, 0) is 0 Å². The summed E-state index contributed by atoms with van der Waals surface area (Å²) in [6, 6.07) is 11.3. The highest BCUT2D eigenvalue weighted by molar-refractivity contribution is 9.10. The first kappa shape index (κ1) is 16.7. The van der Waals surface area contributed by atoms with Crippen molar-refractivity contribution in [3.8, 4) is 5.75 Å². The number of hydrogen-bond acceptors (Lipinski definition) is 4. The second kappa shape index (κ2) is 7.55. The minimum absolute atomic E-state index is 0.314. The molecule has 0 aliphatic carbocycles. The number of aryl methyl sites for hydroxylation is 1. The zero-order valence-corrected chi connectivity index (χ0v) is 13.8. The lowest BCUT2D eigenvalue weighted by Gasteiger charge is -2.08. The fourth-order valence-electron chi connectivity index (χ4n) is 1.73. The molecule has 2 rings (SSSR count). The summed E-state index contributed by atoms with van der Waals surface area (Å²) in [4.78, 5) is 22.8. The molecule has 3 N–H and O–H groups in total. The van der Waals surface area contributed by atoms with Crippen LogP contribution in [0.2, 0.25) is 0 Å². The van der Waals surface area contributed by atoms with Gasteiger partial charge in [-0.1, -0.05) is 33.6 Å². The summed E-state index contributed by atoms with van der Waals surface area (Å²) in [5, 5.41) is 3.67. The smallest absolute Gasteiger partial charge is 0.343 e. The number of halogens is 1. The molecule has 0 saturated carbocycles. The van der Waals surface area contributed by atoms with Crippen LogP contribution < -0.4 is 15.9 Å². The van der Waals surface area contributed by atoms with Gasteiger partial charge in [0.25, 0.3) is 0 Å². The summed E-state index contributed by atoms with van der Waals surface area (Å²) in [5.41, 5.74) is 9.02. The Labute approximate surface area is 141 Å². The molecule has 2 aromatic rings. The maximum absolute atomic E-state index is 12.2. The molecule has 7 heteroatoms. The third-order valence-corrected chi connectivity index (χ3v) is 3.33. The van der Waals surface area contributed by atoms with Crippen molar-refractivity contribution >= 4 is 34.1 Å². The van der Waals surface area contributed by atoms with Crippen LogP contribution in [0.4, 0.5) is 4.79 Å². The topological polar surface area (TPSA) is 93.8 Å². The number of esters is 1. The van der Waals surface area contributed by atoms with E-state index in [9.17, 15) is 9.59 Å². The van der Waals surface area contributed by atoms with E-state index in [1.165, 1.54) is 6.21 Å². The number of rotatable bonds is 4. The Hall–Kier alpha value is -2.67. The highest BCUT2D eigenvalue weighted by atomic mass is 79.9. The Morgan fingerprint density at radius 2 is 1.91 bits per heavy atom. The predicted molar refractivity (Wildman–Crippen MR) is 90.6 cm³/mol. The van der Waals surface area contributed by atoms with Crippen LogP contribution in [0, 0.1) is 6.92 Å². The number of amides is 2. The molecule has 0 aliphatic rings. The molecule has 0 atom stereocenters. The number of primary amides is 1. The highest BCUT2D eigenvalue weighted by Gasteiger charge is 2.11. The number of carbonyl (C=O) groups is 2. The molecule has 0 heterocycles. The van der Waals surface area contributed by atoms with E-state index >= 15 is 0 Å². The maximum atomic E-state index is 12.2. The van der Waals surface area contributed by atoms with Crippen LogP contribution in [0.25, 0.3) is 0 Å². The van der Waals surface area contributed by atoms with Crippen LogP contribution in [0.5, 0.6) is 5.75 Å². The number of nitrogens with zero attached hydrogens (tertiary/aromatic N) is 1. The van der Waals surface area contributed by atoms with E-state index in [4.69, 9.17) is 10.5 Å². The lowest BCUT2D eigenvalue weighted by atomic mass is 10.1. The summed E-state index contributed by atoms with van der Waals surface area (Å²) in [6.07, 6.45) is 1.34. The van der Waals surface area contributed by atoms with Gasteiger partial charge in [-0.25, -0.2) is 15.0 Å². The van der Waals surface area contributed by atoms with Crippen molar-refractivity contribution in [2.75, 3.05) is 0 Å². The molecule has 0 unspecified atom stereocenters. The molecule has 118 valence electrons. The Balaban J connectivity index is 2.21. The van der Waals surface area contributed by atoms with Crippen molar-refractivity contribution in [1.82, 2.24) is 5.43 Å². The molecule has 2 aromatic carbocycles. The molecule has 0 radical (unpaired) electrons. The number of carbonyl (C=O) groups excluding carboxylic acids is 2. The van der Waals surface area contributed by atoms with E-state index < -0.39 is 12.0 Å². The van der Waals surface area contributed by atoms with Gasteiger partial charge in [0, 0.05) is 10.0 Å². The number of urea groups is 1. The Bertz CT molecular complexity index is 758. The first-order valence-electron chi connectivity index (χ1n) is 6.62. The van der Waals surface area contributed by atoms with Crippen molar-refractivity contribution in [3.05, 3.63) is 63.6 Å². The largest absolute Gasteiger partial charge is 0.422 e. The van der Waals surface area contributed by atoms with Crippen LogP contribution >= 0.6 is 15.9 Å². The molecule has 2 amide bonds. The molecule has 0 bridgehead atoms. The molecule has 0 saturated heterocycles. The monoisotopic (exact) mass is 375 g/mol. The van der Waals surface area contributed by atoms with Crippen molar-refractivity contribution in [3.63, 3.8) is 0 Å². The van der Waals surface area contributed by atoms with Crippen LogP contribution in [-0.4, -0.2) is 18.2 Å². The molecule has 6 nitrogen and oxygen atoms in total. The van der Waals surface area contributed by atoms with Gasteiger partial charge in [-0.3, -0.25) is 0 Å². The lowest BCUT2D eigenvalue weighted by molar-refractivity contribution is 0.0734. The van der Waals surface area contributed by atoms with Gasteiger partial charge in [0.05, 0.1) is 11.8 Å². The Kier molecular flexibility index (Phi) is 5.48. The van der Waals surface area contributed by atoms with Crippen molar-refractivity contribution in [2.24, 2.45) is 10.8 Å². The lowest BCUT2D eigenvalue weighted by Crippen LogP contribution is -2.24. The van der Waals surface area contributed by atoms with Crippen molar-refractivity contribution in [2.45, 2.75) is 6.92 Å². The van der Waals surface area contributed by atoms with Crippen LogP contribution in [0.1, 0.15) is 21.5 Å². The van der Waals surface area contributed by atoms with E-state index in [1.54, 1.807) is 30.3 Å². The fourth-order valence-corrected chi connectivity index (χ4v) is 2.11. The number of hydrogen-bond donors (Lipinski definition) is 2. The number of hydrazone groups is 1. The van der Waals surface area contributed by atoms with Gasteiger partial charge in [0.2, 0.25) is 0 Å². The molecular weight excluding hydrogens is 362 g/mol. The van der Waals surface area contributed by atoms with E-state index in [-0.39, 0.29) is 0 Å². The van der Waals surface area contributed by atoms with Gasteiger partial charge in [0.15, 0.2) is 0 Å². The van der Waals surface area contributed by atoms with Gasteiger partial charge in [-0.05, 0) is 37.3 Å². The number of nitrogens with two attached hydrogens (primary N) is 1. The zero-order chi connectivity index (χ0) is 16.8. The first-order chi connectivity index (χ1) is 11.0. The van der Waals surface area contributed by atoms with E-state index in [2.05, 4.69) is 26.5 Å². The Morgan fingerprint density at radius 3 is 2.57 bits per heavy atom. The van der Waals surface area contributed by atoms with E-state index in [0.717, 1.165) is 10.0 Å². The van der Waals surface area contributed by atoms with Crippen LogP contribution in [0.3, 0.4) is 0 Å². The number of ether oxygens (including phenoxy) is 1. The summed E-state index contributed by atoms with van der Waals surface area (Å²) in [6.45, 7) is 1.93. The third-order valence-electron chi connectivity index (χ3n) is 2.84. The second-order valence-electron chi connectivity index (χ2n) is 4.67. The van der Waals surface area contributed by atoms with Gasteiger partial charge in [-0.15, -0.1) is 0 Å². The minimum atomic E-state index is -0.783. The highest BCUT2D eigenvalue weighted by Crippen LogP contribution is 2.23. The average Bonchev–Trinajstić information content (AvgIpc) is 2.50. The maximum Gasteiger partial charge on any atom is 0.343 e. The zero-order valence-electron chi connectivity index (χ0n) is 12.2. The molecule has 0 aliphatic heterocycles. The molecular formula is C16H14BrN3O3. The Morgan fingerprint density at radius 1 is 1.22 bits per heavy atom. The second-order valence-corrected chi connectivity index (χ2v) is 5.59. The van der Waals surface area contributed by atoms with E-state index in [1.807, 2.05) is 19.1 Å². The van der Waals surface area contributed by atoms with Crippen LogP contribution in [0.15, 0.2) is 52.0 Å². The normalized spacial score (nSPS) is 10.5. The predicted octanol–water partition coefficient (Wildman–Crippen LogP) is 2.98. The SMILES string of the molecule is Cc1ccc(C(=O)Oc2ccc(Br)cc2/C=N/NC(N)=O)cc1. The fraction of sp³-hybridized carbons (Fsp3) is 0.0625. The average molecular weight is 376 g/mol.